The Hall–Kier alpha value is -3.55. The first-order valence-electron chi connectivity index (χ1n) is 8.99. The second kappa shape index (κ2) is 6.56. The number of anilines is 1. The second-order valence-electron chi connectivity index (χ2n) is 6.66. The van der Waals surface area contributed by atoms with Crippen molar-refractivity contribution in [2.75, 3.05) is 11.9 Å². The van der Waals surface area contributed by atoms with Crippen molar-refractivity contribution in [1.82, 2.24) is 24.6 Å². The van der Waals surface area contributed by atoms with E-state index in [1.165, 1.54) is 6.07 Å². The highest BCUT2D eigenvalue weighted by Crippen LogP contribution is 2.31. The van der Waals surface area contributed by atoms with E-state index in [2.05, 4.69) is 25.5 Å². The number of nitrogens with zero attached hydrogens (tertiary/aromatic N) is 5. The van der Waals surface area contributed by atoms with Gasteiger partial charge in [0.2, 0.25) is 5.95 Å². The maximum Gasteiger partial charge on any atom is 0.210 e. The zero-order valence-corrected chi connectivity index (χ0v) is 15.2. The number of rotatable bonds is 4. The van der Waals surface area contributed by atoms with E-state index in [4.69, 9.17) is 4.74 Å². The summed E-state index contributed by atoms with van der Waals surface area (Å²) in [5.41, 5.74) is 4.85. The number of ether oxygens (including phenoxy) is 1. The van der Waals surface area contributed by atoms with E-state index < -0.39 is 0 Å². The van der Waals surface area contributed by atoms with Crippen LogP contribution in [0.25, 0.3) is 16.8 Å². The van der Waals surface area contributed by atoms with E-state index in [1.54, 1.807) is 29.2 Å². The standard InChI is InChI=1S/C20H17FN6O/c1-12-2-3-13(8-22-12)15-9-23-20(27-11-25-26-19(15)27)24-10-16-14-6-7-28-18(14)5-4-17(16)21/h2-5,8-9,11H,6-7,10H2,1H3,(H,23,24). The molecule has 1 aliphatic heterocycles. The van der Waals surface area contributed by atoms with Crippen molar-refractivity contribution in [1.29, 1.82) is 0 Å². The molecule has 0 saturated carbocycles. The first kappa shape index (κ1) is 16.6. The molecule has 140 valence electrons. The molecule has 0 amide bonds. The molecule has 4 aromatic rings. The van der Waals surface area contributed by atoms with Gasteiger partial charge >= 0.3 is 0 Å². The summed E-state index contributed by atoms with van der Waals surface area (Å²) >= 11 is 0. The zero-order valence-electron chi connectivity index (χ0n) is 15.2. The van der Waals surface area contributed by atoms with Gasteiger partial charge in [-0.25, -0.2) is 9.37 Å². The van der Waals surface area contributed by atoms with Crippen molar-refractivity contribution in [3.8, 4) is 16.9 Å². The molecule has 4 heterocycles. The van der Waals surface area contributed by atoms with Gasteiger partial charge in [0.1, 0.15) is 17.9 Å². The van der Waals surface area contributed by atoms with Crippen LogP contribution >= 0.6 is 0 Å². The Bertz CT molecular complexity index is 1170. The van der Waals surface area contributed by atoms with Gasteiger partial charge in [-0.1, -0.05) is 6.07 Å². The highest BCUT2D eigenvalue weighted by atomic mass is 19.1. The zero-order chi connectivity index (χ0) is 19.1. The Morgan fingerprint density at radius 3 is 2.96 bits per heavy atom. The average Bonchev–Trinajstić information content (AvgIpc) is 3.37. The Morgan fingerprint density at radius 1 is 1.18 bits per heavy atom. The molecule has 0 spiro atoms. The second-order valence-corrected chi connectivity index (χ2v) is 6.66. The SMILES string of the molecule is Cc1ccc(-c2cnc(NCc3c(F)ccc4c3CCO4)n3cnnc23)cn1. The van der Waals surface area contributed by atoms with E-state index >= 15 is 0 Å². The third kappa shape index (κ3) is 2.74. The lowest BCUT2D eigenvalue weighted by atomic mass is 10.0. The molecule has 7 nitrogen and oxygen atoms in total. The van der Waals surface area contributed by atoms with Crippen molar-refractivity contribution in [3.05, 3.63) is 65.6 Å². The number of halogens is 1. The molecule has 0 saturated heterocycles. The van der Waals surface area contributed by atoms with Gasteiger partial charge in [-0.3, -0.25) is 9.38 Å². The topological polar surface area (TPSA) is 77.2 Å². The van der Waals surface area contributed by atoms with Gasteiger partial charge in [0.15, 0.2) is 5.65 Å². The number of aryl methyl sites for hydroxylation is 1. The molecule has 0 unspecified atom stereocenters. The largest absolute Gasteiger partial charge is 0.493 e. The maximum atomic E-state index is 14.4. The minimum absolute atomic E-state index is 0.251. The average molecular weight is 376 g/mol. The predicted molar refractivity (Wildman–Crippen MR) is 102 cm³/mol. The van der Waals surface area contributed by atoms with Gasteiger partial charge in [0.25, 0.3) is 0 Å². The van der Waals surface area contributed by atoms with Crippen LogP contribution in [0.2, 0.25) is 0 Å². The van der Waals surface area contributed by atoms with Crippen LogP contribution in [0.15, 0.2) is 43.0 Å². The number of fused-ring (bicyclic) bond motifs is 2. The summed E-state index contributed by atoms with van der Waals surface area (Å²) in [4.78, 5) is 8.84. The Kier molecular flexibility index (Phi) is 3.89. The van der Waals surface area contributed by atoms with Crippen LogP contribution in [0.4, 0.5) is 10.3 Å². The fourth-order valence-corrected chi connectivity index (χ4v) is 3.45. The van der Waals surface area contributed by atoms with Gasteiger partial charge < -0.3 is 10.1 Å². The summed E-state index contributed by atoms with van der Waals surface area (Å²) < 4.78 is 21.7. The summed E-state index contributed by atoms with van der Waals surface area (Å²) in [6, 6.07) is 7.04. The van der Waals surface area contributed by atoms with E-state index in [9.17, 15) is 4.39 Å². The minimum Gasteiger partial charge on any atom is -0.493 e. The number of hydrogen-bond acceptors (Lipinski definition) is 6. The quantitative estimate of drug-likeness (QED) is 0.589. The molecule has 5 rings (SSSR count). The summed E-state index contributed by atoms with van der Waals surface area (Å²) in [5, 5.41) is 11.4. The molecular weight excluding hydrogens is 359 g/mol. The predicted octanol–water partition coefficient (Wildman–Crippen LogP) is 3.18. The molecule has 0 radical (unpaired) electrons. The lowest BCUT2D eigenvalue weighted by Crippen LogP contribution is -2.09. The van der Waals surface area contributed by atoms with Crippen LogP contribution in [0.5, 0.6) is 5.75 Å². The van der Waals surface area contributed by atoms with Crippen LogP contribution in [-0.4, -0.2) is 31.2 Å². The van der Waals surface area contributed by atoms with Crippen molar-refractivity contribution >= 4 is 11.6 Å². The first-order chi connectivity index (χ1) is 13.7. The van der Waals surface area contributed by atoms with Crippen LogP contribution in [0.3, 0.4) is 0 Å². The summed E-state index contributed by atoms with van der Waals surface area (Å²) in [7, 11) is 0. The number of hydrogen-bond donors (Lipinski definition) is 1. The van der Waals surface area contributed by atoms with Crippen LogP contribution in [0, 0.1) is 12.7 Å². The van der Waals surface area contributed by atoms with Crippen LogP contribution in [-0.2, 0) is 13.0 Å². The van der Waals surface area contributed by atoms with E-state index in [1.807, 2.05) is 19.1 Å². The Morgan fingerprint density at radius 2 is 2.11 bits per heavy atom. The number of benzene rings is 1. The molecule has 1 aromatic carbocycles. The lowest BCUT2D eigenvalue weighted by Gasteiger charge is -2.12. The summed E-state index contributed by atoms with van der Waals surface area (Å²) in [6.45, 7) is 2.81. The molecule has 0 fully saturated rings. The van der Waals surface area contributed by atoms with Gasteiger partial charge in [-0.05, 0) is 25.1 Å². The monoisotopic (exact) mass is 376 g/mol. The van der Waals surface area contributed by atoms with E-state index in [0.29, 0.717) is 36.7 Å². The van der Waals surface area contributed by atoms with Crippen molar-refractivity contribution in [2.24, 2.45) is 0 Å². The first-order valence-corrected chi connectivity index (χ1v) is 8.99. The molecule has 3 aromatic heterocycles. The van der Waals surface area contributed by atoms with Crippen LogP contribution in [0.1, 0.15) is 16.8 Å². The Balaban J connectivity index is 1.49. The highest BCUT2D eigenvalue weighted by Gasteiger charge is 2.20. The van der Waals surface area contributed by atoms with Gasteiger partial charge in [-0.2, -0.15) is 0 Å². The number of nitrogens with one attached hydrogen (secondary N) is 1. The van der Waals surface area contributed by atoms with Crippen molar-refractivity contribution in [2.45, 2.75) is 19.9 Å². The molecule has 0 bridgehead atoms. The normalized spacial score (nSPS) is 12.8. The van der Waals surface area contributed by atoms with E-state index in [0.717, 1.165) is 28.1 Å². The third-order valence-electron chi connectivity index (χ3n) is 4.92. The van der Waals surface area contributed by atoms with Gasteiger partial charge in [0, 0.05) is 53.3 Å². The molecule has 1 N–H and O–H groups in total. The third-order valence-corrected chi connectivity index (χ3v) is 4.92. The molecule has 0 atom stereocenters. The maximum absolute atomic E-state index is 14.4. The summed E-state index contributed by atoms with van der Waals surface area (Å²) in [5.74, 6) is 1.04. The minimum atomic E-state index is -0.251. The molecule has 8 heteroatoms. The molecule has 0 aliphatic carbocycles. The van der Waals surface area contributed by atoms with Gasteiger partial charge in [-0.15, -0.1) is 10.2 Å². The smallest absolute Gasteiger partial charge is 0.210 e. The fraction of sp³-hybridized carbons (Fsp3) is 0.200. The van der Waals surface area contributed by atoms with Crippen molar-refractivity contribution in [3.63, 3.8) is 0 Å². The molecule has 28 heavy (non-hydrogen) atoms. The van der Waals surface area contributed by atoms with Crippen LogP contribution < -0.4 is 10.1 Å². The van der Waals surface area contributed by atoms with Gasteiger partial charge in [0.05, 0.1) is 6.61 Å². The Labute approximate surface area is 160 Å². The number of aromatic nitrogens is 5. The fourth-order valence-electron chi connectivity index (χ4n) is 3.45. The number of pyridine rings is 1. The van der Waals surface area contributed by atoms with Crippen molar-refractivity contribution < 1.29 is 9.13 Å². The molecular formula is C20H17FN6O. The highest BCUT2D eigenvalue weighted by molar-refractivity contribution is 5.77. The lowest BCUT2D eigenvalue weighted by molar-refractivity contribution is 0.356. The summed E-state index contributed by atoms with van der Waals surface area (Å²) in [6.07, 6.45) is 5.81. The van der Waals surface area contributed by atoms with E-state index in [-0.39, 0.29) is 5.82 Å². The molecule has 1 aliphatic rings.